The second-order valence-electron chi connectivity index (χ2n) is 3.62. The molecular formula is C12H10N4S. The van der Waals surface area contributed by atoms with Crippen molar-refractivity contribution in [3.05, 3.63) is 42.2 Å². The van der Waals surface area contributed by atoms with Crippen molar-refractivity contribution in [2.45, 2.75) is 0 Å². The topological polar surface area (TPSA) is 63.8 Å². The normalized spacial score (nSPS) is 10.6. The number of nitrogens with two attached hydrogens (primary N) is 1. The molecule has 0 atom stereocenters. The first kappa shape index (κ1) is 10.0. The number of nitrogens with zero attached hydrogens (tertiary/aromatic N) is 2. The molecule has 0 saturated carbocycles. The Labute approximate surface area is 102 Å². The van der Waals surface area contributed by atoms with Crippen molar-refractivity contribution in [3.63, 3.8) is 0 Å². The van der Waals surface area contributed by atoms with E-state index in [1.807, 2.05) is 6.07 Å². The van der Waals surface area contributed by atoms with Crippen LogP contribution >= 0.6 is 11.3 Å². The summed E-state index contributed by atoms with van der Waals surface area (Å²) >= 11 is 1.73. The van der Waals surface area contributed by atoms with Crippen LogP contribution in [0, 0.1) is 0 Å². The number of thiophene rings is 1. The highest BCUT2D eigenvalue weighted by molar-refractivity contribution is 7.17. The first-order valence-corrected chi connectivity index (χ1v) is 6.01. The second kappa shape index (κ2) is 4.03. The van der Waals surface area contributed by atoms with Crippen LogP contribution in [0.2, 0.25) is 0 Å². The summed E-state index contributed by atoms with van der Waals surface area (Å²) in [7, 11) is 0. The summed E-state index contributed by atoms with van der Waals surface area (Å²) in [5, 5.41) is 6.47. The van der Waals surface area contributed by atoms with Gasteiger partial charge < -0.3 is 11.1 Å². The fourth-order valence-corrected chi connectivity index (χ4v) is 2.40. The zero-order valence-corrected chi connectivity index (χ0v) is 9.74. The second-order valence-corrected chi connectivity index (χ2v) is 4.57. The number of fused-ring (bicyclic) bond motifs is 1. The van der Waals surface area contributed by atoms with Crippen LogP contribution in [-0.4, -0.2) is 9.97 Å². The molecule has 0 aliphatic heterocycles. The lowest BCUT2D eigenvalue weighted by Gasteiger charge is -2.07. The standard InChI is InChI=1S/C12H10N4S/c13-10-6-14-7-15-12(10)16-9-1-2-11-8(5-9)3-4-17-11/h1-7H,13H2,(H,14,15,16). The van der Waals surface area contributed by atoms with Crippen LogP contribution in [0.5, 0.6) is 0 Å². The summed E-state index contributed by atoms with van der Waals surface area (Å²) in [4.78, 5) is 7.95. The van der Waals surface area contributed by atoms with Crippen LogP contribution in [0.1, 0.15) is 0 Å². The zero-order chi connectivity index (χ0) is 11.7. The van der Waals surface area contributed by atoms with Gasteiger partial charge in [0.2, 0.25) is 0 Å². The van der Waals surface area contributed by atoms with Crippen molar-refractivity contribution < 1.29 is 0 Å². The molecule has 0 unspecified atom stereocenters. The molecule has 0 amide bonds. The van der Waals surface area contributed by atoms with Gasteiger partial charge in [-0.3, -0.25) is 0 Å². The first-order valence-electron chi connectivity index (χ1n) is 5.13. The number of benzene rings is 1. The SMILES string of the molecule is Nc1cncnc1Nc1ccc2sccc2c1. The predicted octanol–water partition coefficient (Wildman–Crippen LogP) is 3.02. The number of anilines is 3. The third-order valence-corrected chi connectivity index (χ3v) is 3.35. The molecule has 3 N–H and O–H groups in total. The van der Waals surface area contributed by atoms with Gasteiger partial charge in [-0.1, -0.05) is 0 Å². The summed E-state index contributed by atoms with van der Waals surface area (Å²) in [6.45, 7) is 0. The molecule has 0 fully saturated rings. The van der Waals surface area contributed by atoms with Gasteiger partial charge in [0.05, 0.1) is 11.9 Å². The van der Waals surface area contributed by atoms with Gasteiger partial charge in [0, 0.05) is 10.4 Å². The molecule has 2 aromatic heterocycles. The lowest BCUT2D eigenvalue weighted by Crippen LogP contribution is -1.99. The number of aromatic nitrogens is 2. The van der Waals surface area contributed by atoms with Gasteiger partial charge in [0.25, 0.3) is 0 Å². The van der Waals surface area contributed by atoms with Crippen molar-refractivity contribution in [2.24, 2.45) is 0 Å². The Morgan fingerprint density at radius 2 is 2.18 bits per heavy atom. The van der Waals surface area contributed by atoms with E-state index < -0.39 is 0 Å². The summed E-state index contributed by atoms with van der Waals surface area (Å²) in [5.74, 6) is 0.634. The summed E-state index contributed by atoms with van der Waals surface area (Å²) in [5.41, 5.74) is 7.29. The lowest BCUT2D eigenvalue weighted by molar-refractivity contribution is 1.17. The van der Waals surface area contributed by atoms with E-state index in [0.29, 0.717) is 11.5 Å². The first-order chi connectivity index (χ1) is 8.33. The molecular weight excluding hydrogens is 232 g/mol. The highest BCUT2D eigenvalue weighted by atomic mass is 32.1. The van der Waals surface area contributed by atoms with Gasteiger partial charge in [-0.15, -0.1) is 11.3 Å². The molecule has 3 rings (SSSR count). The smallest absolute Gasteiger partial charge is 0.157 e. The third-order valence-electron chi connectivity index (χ3n) is 2.46. The molecule has 3 aromatic rings. The van der Waals surface area contributed by atoms with Gasteiger partial charge >= 0.3 is 0 Å². The average Bonchev–Trinajstić information content (AvgIpc) is 2.79. The van der Waals surface area contributed by atoms with E-state index in [1.54, 1.807) is 17.5 Å². The average molecular weight is 242 g/mol. The maximum Gasteiger partial charge on any atom is 0.157 e. The van der Waals surface area contributed by atoms with Crippen LogP contribution in [0.25, 0.3) is 10.1 Å². The maximum atomic E-state index is 5.78. The fraction of sp³-hybridized carbons (Fsp3) is 0. The van der Waals surface area contributed by atoms with Gasteiger partial charge in [-0.2, -0.15) is 0 Å². The van der Waals surface area contributed by atoms with Crippen LogP contribution in [0.3, 0.4) is 0 Å². The van der Waals surface area contributed by atoms with Gasteiger partial charge in [-0.05, 0) is 35.0 Å². The van der Waals surface area contributed by atoms with Crippen LogP contribution < -0.4 is 11.1 Å². The van der Waals surface area contributed by atoms with Crippen molar-refractivity contribution in [1.82, 2.24) is 9.97 Å². The molecule has 84 valence electrons. The summed E-state index contributed by atoms with van der Waals surface area (Å²) < 4.78 is 1.27. The Kier molecular flexibility index (Phi) is 2.38. The minimum absolute atomic E-state index is 0.540. The zero-order valence-electron chi connectivity index (χ0n) is 8.92. The number of hydrogen-bond acceptors (Lipinski definition) is 5. The fourth-order valence-electron chi connectivity index (χ4n) is 1.63. The Bertz CT molecular complexity index is 662. The maximum absolute atomic E-state index is 5.78. The van der Waals surface area contributed by atoms with Gasteiger partial charge in [0.1, 0.15) is 6.33 Å². The summed E-state index contributed by atoms with van der Waals surface area (Å²) in [6, 6.07) is 8.27. The molecule has 0 saturated heterocycles. The van der Waals surface area contributed by atoms with Crippen LogP contribution in [0.15, 0.2) is 42.2 Å². The minimum Gasteiger partial charge on any atom is -0.394 e. The largest absolute Gasteiger partial charge is 0.394 e. The molecule has 0 aliphatic rings. The lowest BCUT2D eigenvalue weighted by atomic mass is 10.2. The van der Waals surface area contributed by atoms with E-state index in [-0.39, 0.29) is 0 Å². The highest BCUT2D eigenvalue weighted by Crippen LogP contribution is 2.26. The quantitative estimate of drug-likeness (QED) is 0.725. The van der Waals surface area contributed by atoms with E-state index >= 15 is 0 Å². The molecule has 0 spiro atoms. The van der Waals surface area contributed by atoms with Gasteiger partial charge in [-0.25, -0.2) is 9.97 Å². The number of nitrogen functional groups attached to an aromatic ring is 1. The van der Waals surface area contributed by atoms with E-state index in [2.05, 4.69) is 38.9 Å². The predicted molar refractivity (Wildman–Crippen MR) is 71.6 cm³/mol. The van der Waals surface area contributed by atoms with E-state index in [4.69, 9.17) is 5.73 Å². The molecule has 5 heteroatoms. The Morgan fingerprint density at radius 3 is 3.06 bits per heavy atom. The van der Waals surface area contributed by atoms with Crippen molar-refractivity contribution in [1.29, 1.82) is 0 Å². The molecule has 2 heterocycles. The number of rotatable bonds is 2. The molecule has 0 bridgehead atoms. The molecule has 4 nitrogen and oxygen atoms in total. The van der Waals surface area contributed by atoms with Crippen molar-refractivity contribution in [2.75, 3.05) is 11.1 Å². The van der Waals surface area contributed by atoms with E-state index in [0.717, 1.165) is 5.69 Å². The van der Waals surface area contributed by atoms with Crippen LogP contribution in [0.4, 0.5) is 17.2 Å². The molecule has 0 radical (unpaired) electrons. The van der Waals surface area contributed by atoms with Crippen molar-refractivity contribution >= 4 is 38.6 Å². The molecule has 0 aliphatic carbocycles. The van der Waals surface area contributed by atoms with E-state index in [1.165, 1.54) is 16.4 Å². The Morgan fingerprint density at radius 1 is 1.24 bits per heavy atom. The molecule has 17 heavy (non-hydrogen) atoms. The Balaban J connectivity index is 1.97. The summed E-state index contributed by atoms with van der Waals surface area (Å²) in [6.07, 6.45) is 3.06. The number of hydrogen-bond donors (Lipinski definition) is 2. The monoisotopic (exact) mass is 242 g/mol. The van der Waals surface area contributed by atoms with E-state index in [9.17, 15) is 0 Å². The number of nitrogens with one attached hydrogen (secondary N) is 1. The van der Waals surface area contributed by atoms with Crippen molar-refractivity contribution in [3.8, 4) is 0 Å². The van der Waals surface area contributed by atoms with Gasteiger partial charge in [0.15, 0.2) is 5.82 Å². The highest BCUT2D eigenvalue weighted by Gasteiger charge is 2.02. The molecule has 1 aromatic carbocycles. The minimum atomic E-state index is 0.540. The van der Waals surface area contributed by atoms with Crippen LogP contribution in [-0.2, 0) is 0 Å². The third kappa shape index (κ3) is 1.92. The Hall–Kier alpha value is -2.14.